The third kappa shape index (κ3) is 3.87. The number of benzene rings is 1. The van der Waals surface area contributed by atoms with Gasteiger partial charge in [0, 0.05) is 24.2 Å². The van der Waals surface area contributed by atoms with Crippen LogP contribution in [0.15, 0.2) is 18.2 Å². The molecule has 1 heterocycles. The molecular formula is C15H23ClN4O. The maximum absolute atomic E-state index is 12.4. The van der Waals surface area contributed by atoms with Gasteiger partial charge in [0.05, 0.1) is 17.4 Å². The van der Waals surface area contributed by atoms with Crippen molar-refractivity contribution in [2.75, 3.05) is 38.2 Å². The Morgan fingerprint density at radius 3 is 2.81 bits per heavy atom. The number of hydrogen-bond acceptors (Lipinski definition) is 4. The summed E-state index contributed by atoms with van der Waals surface area (Å²) in [6.07, 6.45) is 1.09. The van der Waals surface area contributed by atoms with Crippen molar-refractivity contribution < 1.29 is 4.79 Å². The summed E-state index contributed by atoms with van der Waals surface area (Å²) in [6.45, 7) is 3.78. The molecule has 1 aromatic rings. The van der Waals surface area contributed by atoms with E-state index in [2.05, 4.69) is 29.2 Å². The van der Waals surface area contributed by atoms with Crippen LogP contribution < -0.4 is 11.1 Å². The van der Waals surface area contributed by atoms with Crippen molar-refractivity contribution in [3.63, 3.8) is 0 Å². The fraction of sp³-hybridized carbons (Fsp3) is 0.533. The maximum Gasteiger partial charge on any atom is 0.241 e. The number of likely N-dealkylation sites (tertiary alicyclic amines) is 1. The highest BCUT2D eigenvalue weighted by atomic mass is 35.5. The first-order valence-corrected chi connectivity index (χ1v) is 7.52. The topological polar surface area (TPSA) is 61.6 Å². The number of rotatable bonds is 4. The summed E-state index contributed by atoms with van der Waals surface area (Å²) in [7, 11) is 4.15. The first kappa shape index (κ1) is 16.1. The van der Waals surface area contributed by atoms with Crippen molar-refractivity contribution >= 4 is 28.9 Å². The van der Waals surface area contributed by atoms with E-state index in [0.29, 0.717) is 22.4 Å². The molecule has 0 radical (unpaired) electrons. The standard InChI is InChI=1S/C15H23ClN4O/c1-10(20-7-6-12(9-20)19(2)3)15(21)18-14-5-4-11(16)8-13(14)17/h4-5,8,10,12H,6-7,9,17H2,1-3H3,(H,18,21). The molecule has 2 unspecified atom stereocenters. The number of nitrogens with one attached hydrogen (secondary N) is 1. The van der Waals surface area contributed by atoms with Crippen molar-refractivity contribution in [1.82, 2.24) is 9.80 Å². The fourth-order valence-electron chi connectivity index (χ4n) is 2.59. The van der Waals surface area contributed by atoms with Gasteiger partial charge in [-0.3, -0.25) is 9.69 Å². The van der Waals surface area contributed by atoms with E-state index < -0.39 is 0 Å². The van der Waals surface area contributed by atoms with Crippen LogP contribution in [-0.2, 0) is 4.79 Å². The maximum atomic E-state index is 12.4. The lowest BCUT2D eigenvalue weighted by Crippen LogP contribution is -2.42. The number of halogens is 1. The molecule has 1 aromatic carbocycles. The van der Waals surface area contributed by atoms with E-state index in [1.807, 2.05) is 6.92 Å². The first-order chi connectivity index (χ1) is 9.88. The van der Waals surface area contributed by atoms with Gasteiger partial charge >= 0.3 is 0 Å². The van der Waals surface area contributed by atoms with Crippen LogP contribution >= 0.6 is 11.6 Å². The number of carbonyl (C=O) groups excluding carboxylic acids is 1. The van der Waals surface area contributed by atoms with Crippen molar-refractivity contribution in [2.45, 2.75) is 25.4 Å². The van der Waals surface area contributed by atoms with E-state index in [0.717, 1.165) is 19.5 Å². The third-order valence-electron chi connectivity index (χ3n) is 4.12. The van der Waals surface area contributed by atoms with Gasteiger partial charge in [0.1, 0.15) is 0 Å². The number of anilines is 2. The number of hydrogen-bond donors (Lipinski definition) is 2. The fourth-order valence-corrected chi connectivity index (χ4v) is 2.77. The number of carbonyl (C=O) groups is 1. The molecule has 0 aromatic heterocycles. The highest BCUT2D eigenvalue weighted by molar-refractivity contribution is 6.31. The highest BCUT2D eigenvalue weighted by Crippen LogP contribution is 2.23. The van der Waals surface area contributed by atoms with Crippen LogP contribution in [0.1, 0.15) is 13.3 Å². The Hall–Kier alpha value is -1.30. The van der Waals surface area contributed by atoms with Crippen molar-refractivity contribution in [3.8, 4) is 0 Å². The van der Waals surface area contributed by atoms with Gasteiger partial charge < -0.3 is 16.0 Å². The van der Waals surface area contributed by atoms with Crippen LogP contribution in [0.4, 0.5) is 11.4 Å². The Morgan fingerprint density at radius 1 is 1.52 bits per heavy atom. The molecule has 1 saturated heterocycles. The van der Waals surface area contributed by atoms with Gasteiger partial charge in [-0.15, -0.1) is 0 Å². The summed E-state index contributed by atoms with van der Waals surface area (Å²) in [6, 6.07) is 5.43. The zero-order valence-electron chi connectivity index (χ0n) is 12.8. The normalized spacial score (nSPS) is 20.7. The number of nitrogens with two attached hydrogens (primary N) is 1. The Morgan fingerprint density at radius 2 is 2.24 bits per heavy atom. The second-order valence-electron chi connectivity index (χ2n) is 5.80. The first-order valence-electron chi connectivity index (χ1n) is 7.15. The summed E-state index contributed by atoms with van der Waals surface area (Å²) < 4.78 is 0. The minimum Gasteiger partial charge on any atom is -0.397 e. The van der Waals surface area contributed by atoms with Crippen LogP contribution in [0.3, 0.4) is 0 Å². The van der Waals surface area contributed by atoms with Crippen molar-refractivity contribution in [3.05, 3.63) is 23.2 Å². The minimum absolute atomic E-state index is 0.0385. The van der Waals surface area contributed by atoms with E-state index in [1.165, 1.54) is 0 Å². The molecule has 1 fully saturated rings. The van der Waals surface area contributed by atoms with Crippen LogP contribution in [0.2, 0.25) is 5.02 Å². The number of amides is 1. The van der Waals surface area contributed by atoms with E-state index in [1.54, 1.807) is 18.2 Å². The Kier molecular flexibility index (Phi) is 5.08. The molecule has 6 heteroatoms. The van der Waals surface area contributed by atoms with Gasteiger partial charge in [0.15, 0.2) is 0 Å². The average molecular weight is 311 g/mol. The molecule has 3 N–H and O–H groups in total. The SMILES string of the molecule is CC(C(=O)Nc1ccc(Cl)cc1N)N1CCC(N(C)C)C1. The molecule has 1 amide bonds. The van der Waals surface area contributed by atoms with Crippen LogP contribution in [0, 0.1) is 0 Å². The third-order valence-corrected chi connectivity index (χ3v) is 4.36. The lowest BCUT2D eigenvalue weighted by Gasteiger charge is -2.25. The average Bonchev–Trinajstić information content (AvgIpc) is 2.90. The molecular weight excluding hydrogens is 288 g/mol. The number of nitrogens with zero attached hydrogens (tertiary/aromatic N) is 2. The second kappa shape index (κ2) is 6.64. The lowest BCUT2D eigenvalue weighted by molar-refractivity contribution is -0.120. The predicted octanol–water partition coefficient (Wildman–Crippen LogP) is 1.89. The van der Waals surface area contributed by atoms with Gasteiger partial charge in [-0.1, -0.05) is 11.6 Å². The molecule has 2 atom stereocenters. The minimum atomic E-state index is -0.176. The molecule has 1 aliphatic heterocycles. The summed E-state index contributed by atoms with van der Waals surface area (Å²) in [5.74, 6) is -0.0385. The van der Waals surface area contributed by atoms with E-state index in [4.69, 9.17) is 17.3 Å². The molecule has 0 saturated carbocycles. The van der Waals surface area contributed by atoms with Gasteiger partial charge in [-0.2, -0.15) is 0 Å². The Balaban J connectivity index is 1.97. The highest BCUT2D eigenvalue weighted by Gasteiger charge is 2.30. The summed E-state index contributed by atoms with van der Waals surface area (Å²) in [4.78, 5) is 16.8. The van der Waals surface area contributed by atoms with E-state index in [-0.39, 0.29) is 11.9 Å². The van der Waals surface area contributed by atoms with Gasteiger partial charge in [-0.05, 0) is 45.6 Å². The quantitative estimate of drug-likeness (QED) is 0.834. The zero-order chi connectivity index (χ0) is 15.6. The van der Waals surface area contributed by atoms with Gasteiger partial charge in [-0.25, -0.2) is 0 Å². The smallest absolute Gasteiger partial charge is 0.241 e. The molecule has 0 aliphatic carbocycles. The Bertz CT molecular complexity index is 520. The molecule has 1 aliphatic rings. The number of likely N-dealkylation sites (N-methyl/N-ethyl adjacent to an activating group) is 1. The molecule has 21 heavy (non-hydrogen) atoms. The lowest BCUT2D eigenvalue weighted by atomic mass is 10.2. The van der Waals surface area contributed by atoms with Gasteiger partial charge in [0.2, 0.25) is 5.91 Å². The van der Waals surface area contributed by atoms with Crippen molar-refractivity contribution in [1.29, 1.82) is 0 Å². The van der Waals surface area contributed by atoms with Crippen LogP contribution in [-0.4, -0.2) is 55.0 Å². The van der Waals surface area contributed by atoms with Crippen LogP contribution in [0.25, 0.3) is 0 Å². The molecule has 5 nitrogen and oxygen atoms in total. The monoisotopic (exact) mass is 310 g/mol. The van der Waals surface area contributed by atoms with Crippen LogP contribution in [0.5, 0.6) is 0 Å². The second-order valence-corrected chi connectivity index (χ2v) is 6.23. The largest absolute Gasteiger partial charge is 0.397 e. The Labute approximate surface area is 131 Å². The molecule has 116 valence electrons. The van der Waals surface area contributed by atoms with Crippen molar-refractivity contribution in [2.24, 2.45) is 0 Å². The molecule has 0 spiro atoms. The van der Waals surface area contributed by atoms with E-state index >= 15 is 0 Å². The number of nitrogen functional groups attached to an aromatic ring is 1. The predicted molar refractivity (Wildman–Crippen MR) is 87.6 cm³/mol. The summed E-state index contributed by atoms with van der Waals surface area (Å²) in [5, 5.41) is 3.44. The van der Waals surface area contributed by atoms with E-state index in [9.17, 15) is 4.79 Å². The van der Waals surface area contributed by atoms with Gasteiger partial charge in [0.25, 0.3) is 0 Å². The molecule has 0 bridgehead atoms. The summed E-state index contributed by atoms with van der Waals surface area (Å²) in [5.41, 5.74) is 6.96. The zero-order valence-corrected chi connectivity index (χ0v) is 13.5. The molecule has 2 rings (SSSR count). The summed E-state index contributed by atoms with van der Waals surface area (Å²) >= 11 is 5.86.